The lowest BCUT2D eigenvalue weighted by Gasteiger charge is -2.62. The van der Waals surface area contributed by atoms with Crippen molar-refractivity contribution in [2.24, 2.45) is 28.6 Å². The Balaban J connectivity index is 1.84. The molecule has 28 heavy (non-hydrogen) atoms. The number of Topliss-reactive ketones (excluding diaryl/α,β-unsaturated/α-hetero) is 1. The Kier molecular flexibility index (Phi) is 4.15. The normalized spacial score (nSPS) is 52.5. The lowest BCUT2D eigenvalue weighted by molar-refractivity contribution is -0.219. The average Bonchev–Trinajstić information content (AvgIpc) is 2.84. The third-order valence-electron chi connectivity index (χ3n) is 8.79. The summed E-state index contributed by atoms with van der Waals surface area (Å²) in [6, 6.07) is 0. The van der Waals surface area contributed by atoms with Gasteiger partial charge in [-0.2, -0.15) is 0 Å². The maximum atomic E-state index is 16.9. The Bertz CT molecular complexity index is 805. The molecule has 4 aliphatic rings. The smallest absolute Gasteiger partial charge is 0.190 e. The summed E-state index contributed by atoms with van der Waals surface area (Å²) in [5.41, 5.74) is -5.17. The highest BCUT2D eigenvalue weighted by molar-refractivity contribution is 6.01. The first-order chi connectivity index (χ1) is 13.0. The van der Waals surface area contributed by atoms with Gasteiger partial charge in [0, 0.05) is 16.7 Å². The van der Waals surface area contributed by atoms with Crippen molar-refractivity contribution in [2.75, 3.05) is 6.61 Å². The first kappa shape index (κ1) is 19.9. The second-order valence-corrected chi connectivity index (χ2v) is 9.75. The zero-order chi connectivity index (χ0) is 20.7. The molecule has 0 amide bonds. The maximum absolute atomic E-state index is 16.9. The second kappa shape index (κ2) is 5.83. The number of hydrogen-bond donors (Lipinski definition) is 3. The van der Waals surface area contributed by atoms with Gasteiger partial charge in [0.15, 0.2) is 17.2 Å². The number of fused-ring (bicyclic) bond motifs is 5. The SMILES string of the molecule is C[C@@H]1C[C@H]2C3CCC4=CC(=O)C=CC4(C)[C@@]3(F)C(O)C[C@@]2(C)[C@@]1(O)C(=O)CO. The second-order valence-electron chi connectivity index (χ2n) is 9.75. The number of hydrogen-bond acceptors (Lipinski definition) is 5. The fraction of sp³-hybridized carbons (Fsp3) is 0.727. The third kappa shape index (κ3) is 2.01. The van der Waals surface area contributed by atoms with E-state index in [1.807, 2.05) is 0 Å². The van der Waals surface area contributed by atoms with Crippen LogP contribution >= 0.6 is 0 Å². The van der Waals surface area contributed by atoms with Gasteiger partial charge in [-0.3, -0.25) is 9.59 Å². The van der Waals surface area contributed by atoms with E-state index in [1.54, 1.807) is 26.8 Å². The molecule has 0 aromatic carbocycles. The van der Waals surface area contributed by atoms with Crippen LogP contribution < -0.4 is 0 Å². The molecule has 3 unspecified atom stereocenters. The minimum Gasteiger partial charge on any atom is -0.390 e. The van der Waals surface area contributed by atoms with Crippen LogP contribution in [0.4, 0.5) is 4.39 Å². The van der Waals surface area contributed by atoms with Crippen molar-refractivity contribution in [3.63, 3.8) is 0 Å². The van der Waals surface area contributed by atoms with Gasteiger partial charge < -0.3 is 15.3 Å². The highest BCUT2D eigenvalue weighted by atomic mass is 19.1. The summed E-state index contributed by atoms with van der Waals surface area (Å²) in [4.78, 5) is 24.4. The Hall–Kier alpha value is -1.37. The molecule has 5 nitrogen and oxygen atoms in total. The molecule has 4 rings (SSSR count). The van der Waals surface area contributed by atoms with Gasteiger partial charge in [-0.15, -0.1) is 0 Å². The number of alkyl halides is 1. The zero-order valence-corrected chi connectivity index (χ0v) is 16.6. The van der Waals surface area contributed by atoms with E-state index in [4.69, 9.17) is 0 Å². The van der Waals surface area contributed by atoms with Crippen molar-refractivity contribution in [3.8, 4) is 0 Å². The monoisotopic (exact) mass is 392 g/mol. The number of carbonyl (C=O) groups excluding carboxylic acids is 2. The molecule has 0 bridgehead atoms. The van der Waals surface area contributed by atoms with Gasteiger partial charge in [-0.05, 0) is 56.6 Å². The number of aliphatic hydroxyl groups excluding tert-OH is 2. The Labute approximate surface area is 164 Å². The third-order valence-corrected chi connectivity index (χ3v) is 8.79. The minimum absolute atomic E-state index is 0.0676. The van der Waals surface area contributed by atoms with E-state index in [9.17, 15) is 24.9 Å². The number of aliphatic hydroxyl groups is 3. The molecule has 0 spiro atoms. The molecule has 6 heteroatoms. The highest BCUT2D eigenvalue weighted by Crippen LogP contribution is 2.70. The van der Waals surface area contributed by atoms with Crippen LogP contribution in [0.5, 0.6) is 0 Å². The number of halogens is 1. The van der Waals surface area contributed by atoms with Crippen LogP contribution in [-0.2, 0) is 9.59 Å². The Morgan fingerprint density at radius 1 is 1.32 bits per heavy atom. The number of rotatable bonds is 2. The summed E-state index contributed by atoms with van der Waals surface area (Å²) >= 11 is 0. The van der Waals surface area contributed by atoms with Gasteiger partial charge >= 0.3 is 0 Å². The first-order valence-corrected chi connectivity index (χ1v) is 10.1. The summed E-state index contributed by atoms with van der Waals surface area (Å²) < 4.78 is 16.9. The van der Waals surface area contributed by atoms with E-state index in [0.29, 0.717) is 24.8 Å². The van der Waals surface area contributed by atoms with Gasteiger partial charge in [-0.25, -0.2) is 4.39 Å². The molecule has 8 atom stereocenters. The summed E-state index contributed by atoms with van der Waals surface area (Å²) in [6.45, 7) is 4.48. The first-order valence-electron chi connectivity index (χ1n) is 10.1. The van der Waals surface area contributed by atoms with Crippen LogP contribution in [0.25, 0.3) is 0 Å². The number of ketones is 2. The minimum atomic E-state index is -1.98. The van der Waals surface area contributed by atoms with E-state index in [1.165, 1.54) is 12.2 Å². The van der Waals surface area contributed by atoms with Crippen molar-refractivity contribution < 1.29 is 29.3 Å². The van der Waals surface area contributed by atoms with Crippen LogP contribution in [0.3, 0.4) is 0 Å². The van der Waals surface area contributed by atoms with Crippen molar-refractivity contribution in [1.29, 1.82) is 0 Å². The van der Waals surface area contributed by atoms with Crippen molar-refractivity contribution in [2.45, 2.75) is 63.8 Å². The summed E-state index contributed by atoms with van der Waals surface area (Å²) in [5, 5.41) is 32.0. The molecule has 0 aliphatic heterocycles. The van der Waals surface area contributed by atoms with E-state index >= 15 is 4.39 Å². The fourth-order valence-electron chi connectivity index (χ4n) is 7.26. The standard InChI is InChI=1S/C22H29FO5/c1-12-8-16-15-5-4-13-9-14(25)6-7-19(13,2)21(15,23)17(26)10-20(16,3)22(12,28)18(27)11-24/h6-7,9,12,15-17,24,26,28H,4-5,8,10-11H2,1-3H3/t12-,15?,16+,17?,19?,20-,21+,22+/m1/s1. The highest BCUT2D eigenvalue weighted by Gasteiger charge is 2.75. The lowest BCUT2D eigenvalue weighted by atomic mass is 9.44. The number of carbonyl (C=O) groups is 2. The Morgan fingerprint density at radius 3 is 2.64 bits per heavy atom. The molecule has 3 saturated carbocycles. The van der Waals surface area contributed by atoms with Crippen LogP contribution in [0.1, 0.15) is 46.5 Å². The largest absolute Gasteiger partial charge is 0.390 e. The van der Waals surface area contributed by atoms with Gasteiger partial charge in [0.05, 0.1) is 6.10 Å². The fourth-order valence-corrected chi connectivity index (χ4v) is 7.26. The van der Waals surface area contributed by atoms with Gasteiger partial charge in [0.1, 0.15) is 12.2 Å². The molecule has 0 heterocycles. The van der Waals surface area contributed by atoms with Crippen LogP contribution in [0.2, 0.25) is 0 Å². The van der Waals surface area contributed by atoms with Crippen molar-refractivity contribution >= 4 is 11.6 Å². The van der Waals surface area contributed by atoms with E-state index < -0.39 is 52.4 Å². The zero-order valence-electron chi connectivity index (χ0n) is 16.6. The lowest BCUT2D eigenvalue weighted by Crippen LogP contribution is -2.69. The van der Waals surface area contributed by atoms with Crippen LogP contribution in [0.15, 0.2) is 23.8 Å². The van der Waals surface area contributed by atoms with Gasteiger partial charge in [0.2, 0.25) is 0 Å². The van der Waals surface area contributed by atoms with Crippen LogP contribution in [-0.4, -0.2) is 50.9 Å². The van der Waals surface area contributed by atoms with Gasteiger partial charge in [-0.1, -0.05) is 25.5 Å². The van der Waals surface area contributed by atoms with Crippen molar-refractivity contribution in [3.05, 3.63) is 23.8 Å². The molecule has 0 saturated heterocycles. The van der Waals surface area contributed by atoms with E-state index in [-0.39, 0.29) is 18.1 Å². The molecule has 0 aromatic heterocycles. The Morgan fingerprint density at radius 2 is 2.00 bits per heavy atom. The molecule has 0 aromatic rings. The maximum Gasteiger partial charge on any atom is 0.190 e. The number of allylic oxidation sites excluding steroid dienone is 4. The summed E-state index contributed by atoms with van der Waals surface area (Å²) in [6.07, 6.45) is 4.44. The average molecular weight is 392 g/mol. The van der Waals surface area contributed by atoms with E-state index in [2.05, 4.69) is 0 Å². The molecule has 154 valence electrons. The molecule has 3 N–H and O–H groups in total. The topological polar surface area (TPSA) is 94.8 Å². The van der Waals surface area contributed by atoms with Crippen molar-refractivity contribution in [1.82, 2.24) is 0 Å². The summed E-state index contributed by atoms with van der Waals surface area (Å²) in [5.74, 6) is -2.12. The summed E-state index contributed by atoms with van der Waals surface area (Å²) in [7, 11) is 0. The van der Waals surface area contributed by atoms with Crippen LogP contribution in [0, 0.1) is 28.6 Å². The van der Waals surface area contributed by atoms with E-state index in [0.717, 1.165) is 0 Å². The molecule has 4 aliphatic carbocycles. The molecular weight excluding hydrogens is 363 g/mol. The predicted octanol–water partition coefficient (Wildman–Crippen LogP) is 1.90. The molecular formula is C22H29FO5. The molecule has 0 radical (unpaired) electrons. The quantitative estimate of drug-likeness (QED) is 0.667. The predicted molar refractivity (Wildman–Crippen MR) is 99.9 cm³/mol. The van der Waals surface area contributed by atoms with Gasteiger partial charge in [0.25, 0.3) is 0 Å². The molecule has 3 fully saturated rings.